The fraction of sp³-hybridized carbons (Fsp3) is 0.118. The minimum absolute atomic E-state index is 0.747. The molecule has 0 radical (unpaired) electrons. The van der Waals surface area contributed by atoms with Crippen LogP contribution in [-0.4, -0.2) is 25.2 Å². The third-order valence-corrected chi connectivity index (χ3v) is 4.97. The van der Waals surface area contributed by atoms with E-state index < -0.39 is 0 Å². The summed E-state index contributed by atoms with van der Waals surface area (Å²) in [4.78, 5) is 0. The fourth-order valence-electron chi connectivity index (χ4n) is 3.23. The van der Waals surface area contributed by atoms with Gasteiger partial charge in [0.25, 0.3) is 0 Å². The van der Waals surface area contributed by atoms with Gasteiger partial charge in [0.05, 0.1) is 24.1 Å². The third kappa shape index (κ3) is 2.03. The molecule has 0 atom stereocenters. The lowest BCUT2D eigenvalue weighted by molar-refractivity contribution is 0.649. The van der Waals surface area contributed by atoms with Crippen molar-refractivity contribution < 1.29 is 0 Å². The van der Waals surface area contributed by atoms with Gasteiger partial charge in [0.2, 0.25) is 0 Å². The Bertz CT molecular complexity index is 967. The van der Waals surface area contributed by atoms with Gasteiger partial charge in [-0.05, 0) is 22.6 Å². The SMILES string of the molecule is c1cn(Cc2ccc3c(c2)Cc2c(-c4ccsc4)n[nH]c2-3)nn1. The highest BCUT2D eigenvalue weighted by Crippen LogP contribution is 2.40. The molecule has 5 rings (SSSR count). The summed E-state index contributed by atoms with van der Waals surface area (Å²) in [6.07, 6.45) is 4.52. The quantitative estimate of drug-likeness (QED) is 0.555. The van der Waals surface area contributed by atoms with Crippen molar-refractivity contribution in [1.82, 2.24) is 25.2 Å². The Labute approximate surface area is 136 Å². The number of benzene rings is 1. The van der Waals surface area contributed by atoms with Gasteiger partial charge >= 0.3 is 0 Å². The molecule has 1 aliphatic rings. The minimum Gasteiger partial charge on any atom is -0.277 e. The highest BCUT2D eigenvalue weighted by atomic mass is 32.1. The van der Waals surface area contributed by atoms with Crippen LogP contribution >= 0.6 is 11.3 Å². The minimum atomic E-state index is 0.747. The molecule has 0 spiro atoms. The van der Waals surface area contributed by atoms with Crippen LogP contribution in [0.1, 0.15) is 16.7 Å². The molecule has 1 aromatic carbocycles. The van der Waals surface area contributed by atoms with Gasteiger partial charge in [-0.2, -0.15) is 16.4 Å². The third-order valence-electron chi connectivity index (χ3n) is 4.28. The lowest BCUT2D eigenvalue weighted by Crippen LogP contribution is -2.01. The van der Waals surface area contributed by atoms with E-state index in [0.29, 0.717) is 0 Å². The van der Waals surface area contributed by atoms with Crippen molar-refractivity contribution in [2.45, 2.75) is 13.0 Å². The molecule has 1 N–H and O–H groups in total. The van der Waals surface area contributed by atoms with Gasteiger partial charge in [-0.1, -0.05) is 23.4 Å². The molecule has 0 saturated heterocycles. The van der Waals surface area contributed by atoms with E-state index in [9.17, 15) is 0 Å². The van der Waals surface area contributed by atoms with E-state index in [0.717, 1.165) is 24.4 Å². The van der Waals surface area contributed by atoms with E-state index in [4.69, 9.17) is 0 Å². The summed E-state index contributed by atoms with van der Waals surface area (Å²) in [7, 11) is 0. The summed E-state index contributed by atoms with van der Waals surface area (Å²) in [5.41, 5.74) is 8.59. The average Bonchev–Trinajstić information content (AvgIpc) is 3.32. The molecule has 1 aliphatic carbocycles. The second kappa shape index (κ2) is 4.89. The lowest BCUT2D eigenvalue weighted by Gasteiger charge is -2.05. The zero-order valence-electron chi connectivity index (χ0n) is 12.2. The number of H-pyrrole nitrogens is 1. The highest BCUT2D eigenvalue weighted by molar-refractivity contribution is 7.08. The first-order valence-electron chi connectivity index (χ1n) is 7.44. The molecular weight excluding hydrogens is 306 g/mol. The van der Waals surface area contributed by atoms with E-state index >= 15 is 0 Å². The highest BCUT2D eigenvalue weighted by Gasteiger charge is 2.25. The van der Waals surface area contributed by atoms with E-state index in [2.05, 4.69) is 55.5 Å². The normalized spacial score (nSPS) is 12.3. The molecule has 0 amide bonds. The fourth-order valence-corrected chi connectivity index (χ4v) is 3.87. The molecule has 0 saturated carbocycles. The number of hydrogen-bond donors (Lipinski definition) is 1. The molecule has 5 nitrogen and oxygen atoms in total. The summed E-state index contributed by atoms with van der Waals surface area (Å²) in [6.45, 7) is 0.747. The van der Waals surface area contributed by atoms with Gasteiger partial charge < -0.3 is 0 Å². The number of thiophene rings is 1. The van der Waals surface area contributed by atoms with E-state index in [1.165, 1.54) is 27.8 Å². The zero-order chi connectivity index (χ0) is 15.2. The van der Waals surface area contributed by atoms with Crippen molar-refractivity contribution in [3.8, 4) is 22.5 Å². The monoisotopic (exact) mass is 319 g/mol. The largest absolute Gasteiger partial charge is 0.277 e. The van der Waals surface area contributed by atoms with Crippen LogP contribution in [0.15, 0.2) is 47.4 Å². The number of aromatic nitrogens is 5. The van der Waals surface area contributed by atoms with Gasteiger partial charge in [0.15, 0.2) is 0 Å². The van der Waals surface area contributed by atoms with Crippen molar-refractivity contribution >= 4 is 11.3 Å². The summed E-state index contributed by atoms with van der Waals surface area (Å²) in [6, 6.07) is 8.73. The smallest absolute Gasteiger partial charge is 0.0970 e. The van der Waals surface area contributed by atoms with Crippen molar-refractivity contribution in [3.63, 3.8) is 0 Å². The molecular formula is C17H13N5S. The van der Waals surface area contributed by atoms with Crippen LogP contribution in [0, 0.1) is 0 Å². The summed E-state index contributed by atoms with van der Waals surface area (Å²) < 4.78 is 1.84. The molecule has 3 heterocycles. The van der Waals surface area contributed by atoms with E-state index in [1.54, 1.807) is 17.5 Å². The molecule has 0 bridgehead atoms. The number of fused-ring (bicyclic) bond motifs is 3. The predicted octanol–water partition coefficient (Wildman–Crippen LogP) is 3.35. The van der Waals surface area contributed by atoms with Gasteiger partial charge in [-0.3, -0.25) is 5.10 Å². The Hall–Kier alpha value is -2.73. The van der Waals surface area contributed by atoms with Gasteiger partial charge in [-0.25, -0.2) is 4.68 Å². The predicted molar refractivity (Wildman–Crippen MR) is 89.3 cm³/mol. The topological polar surface area (TPSA) is 59.4 Å². The van der Waals surface area contributed by atoms with Gasteiger partial charge in [-0.15, -0.1) is 5.10 Å². The second-order valence-electron chi connectivity index (χ2n) is 5.71. The Morgan fingerprint density at radius 3 is 3.09 bits per heavy atom. The number of nitrogens with one attached hydrogen (secondary N) is 1. The van der Waals surface area contributed by atoms with Crippen LogP contribution in [-0.2, 0) is 13.0 Å². The summed E-state index contributed by atoms with van der Waals surface area (Å²) >= 11 is 1.70. The molecule has 112 valence electrons. The molecule has 6 heteroatoms. The Morgan fingerprint density at radius 1 is 1.26 bits per heavy atom. The maximum atomic E-state index is 4.52. The number of nitrogens with zero attached hydrogens (tertiary/aromatic N) is 4. The molecule has 23 heavy (non-hydrogen) atoms. The number of rotatable bonds is 3. The first kappa shape index (κ1) is 12.8. The van der Waals surface area contributed by atoms with Crippen molar-refractivity contribution in [2.75, 3.05) is 0 Å². The summed E-state index contributed by atoms with van der Waals surface area (Å²) in [5.74, 6) is 0. The van der Waals surface area contributed by atoms with Crippen molar-refractivity contribution in [2.24, 2.45) is 0 Å². The average molecular weight is 319 g/mol. The molecule has 0 aliphatic heterocycles. The van der Waals surface area contributed by atoms with Crippen LogP contribution in [0.2, 0.25) is 0 Å². The van der Waals surface area contributed by atoms with Crippen molar-refractivity contribution in [3.05, 3.63) is 64.1 Å². The maximum Gasteiger partial charge on any atom is 0.0970 e. The van der Waals surface area contributed by atoms with Crippen LogP contribution in [0.5, 0.6) is 0 Å². The van der Waals surface area contributed by atoms with Crippen LogP contribution in [0.4, 0.5) is 0 Å². The first-order chi connectivity index (χ1) is 11.4. The second-order valence-corrected chi connectivity index (χ2v) is 6.49. The Balaban J connectivity index is 1.52. The van der Waals surface area contributed by atoms with Crippen LogP contribution < -0.4 is 0 Å². The van der Waals surface area contributed by atoms with E-state index in [1.807, 2.05) is 10.9 Å². The van der Waals surface area contributed by atoms with Crippen molar-refractivity contribution in [1.29, 1.82) is 0 Å². The first-order valence-corrected chi connectivity index (χ1v) is 8.39. The standard InChI is InChI=1S/C17H13N5S/c1-2-14-13(7-11(1)9-22-5-4-18-21-22)8-15-16(19-20-17(14)15)12-3-6-23-10-12/h1-7,10H,8-9H2,(H,19,20). The van der Waals surface area contributed by atoms with Gasteiger partial charge in [0, 0.05) is 34.7 Å². The summed E-state index contributed by atoms with van der Waals surface area (Å²) in [5, 5.41) is 19.9. The maximum absolute atomic E-state index is 4.52. The lowest BCUT2D eigenvalue weighted by atomic mass is 10.1. The Kier molecular flexibility index (Phi) is 2.72. The molecule has 0 fully saturated rings. The van der Waals surface area contributed by atoms with Crippen LogP contribution in [0.25, 0.3) is 22.5 Å². The Morgan fingerprint density at radius 2 is 2.26 bits per heavy atom. The van der Waals surface area contributed by atoms with Crippen LogP contribution in [0.3, 0.4) is 0 Å². The molecule has 4 aromatic rings. The molecule has 0 unspecified atom stereocenters. The van der Waals surface area contributed by atoms with Gasteiger partial charge in [0.1, 0.15) is 0 Å². The number of hydrogen-bond acceptors (Lipinski definition) is 4. The number of aromatic amines is 1. The molecule has 3 aromatic heterocycles. The zero-order valence-corrected chi connectivity index (χ0v) is 13.0. The van der Waals surface area contributed by atoms with E-state index in [-0.39, 0.29) is 0 Å².